The zero-order chi connectivity index (χ0) is 13.1. The molecule has 98 valence electrons. The molecule has 1 aromatic carbocycles. The Kier molecular flexibility index (Phi) is 4.02. The van der Waals surface area contributed by atoms with E-state index in [1.807, 2.05) is 30.0 Å². The van der Waals surface area contributed by atoms with E-state index in [2.05, 4.69) is 13.0 Å². The maximum Gasteiger partial charge on any atom is 0.229 e. The van der Waals surface area contributed by atoms with Gasteiger partial charge in [0.05, 0.1) is 0 Å². The molecule has 1 amide bonds. The van der Waals surface area contributed by atoms with Gasteiger partial charge in [0.15, 0.2) is 0 Å². The number of benzene rings is 1. The molecule has 3 heteroatoms. The Labute approximate surface area is 109 Å². The van der Waals surface area contributed by atoms with E-state index in [0.717, 1.165) is 25.1 Å². The average molecular weight is 246 g/mol. The number of rotatable bonds is 4. The van der Waals surface area contributed by atoms with E-state index in [0.29, 0.717) is 12.5 Å². The summed E-state index contributed by atoms with van der Waals surface area (Å²) < 4.78 is 0. The van der Waals surface area contributed by atoms with Gasteiger partial charge < -0.3 is 10.6 Å². The van der Waals surface area contributed by atoms with Crippen LogP contribution in [0.25, 0.3) is 0 Å². The number of anilines is 1. The second kappa shape index (κ2) is 5.53. The van der Waals surface area contributed by atoms with Crippen molar-refractivity contribution in [3.8, 4) is 0 Å². The van der Waals surface area contributed by atoms with E-state index in [-0.39, 0.29) is 11.8 Å². The molecule has 18 heavy (non-hydrogen) atoms. The minimum absolute atomic E-state index is 0.0923. The SMILES string of the molecule is CCC(C)C(=O)N1CC(CCN)c2ccccc21. The van der Waals surface area contributed by atoms with Crippen LogP contribution in [-0.4, -0.2) is 19.0 Å². The number of carbonyl (C=O) groups is 1. The lowest BCUT2D eigenvalue weighted by atomic mass is 9.98. The molecule has 0 saturated carbocycles. The number of hydrogen-bond donors (Lipinski definition) is 1. The molecule has 1 heterocycles. The van der Waals surface area contributed by atoms with Gasteiger partial charge in [-0.05, 0) is 31.0 Å². The molecule has 1 aliphatic rings. The number of carbonyl (C=O) groups excluding carboxylic acids is 1. The third-order valence-corrected chi connectivity index (χ3v) is 3.89. The molecule has 0 spiro atoms. The summed E-state index contributed by atoms with van der Waals surface area (Å²) in [4.78, 5) is 14.3. The third kappa shape index (κ3) is 2.27. The van der Waals surface area contributed by atoms with Crippen LogP contribution < -0.4 is 10.6 Å². The number of nitrogens with zero attached hydrogens (tertiary/aromatic N) is 1. The average Bonchev–Trinajstić information content (AvgIpc) is 2.77. The van der Waals surface area contributed by atoms with Crippen molar-refractivity contribution in [1.82, 2.24) is 0 Å². The van der Waals surface area contributed by atoms with Gasteiger partial charge in [-0.3, -0.25) is 4.79 Å². The van der Waals surface area contributed by atoms with Gasteiger partial charge in [-0.2, -0.15) is 0 Å². The van der Waals surface area contributed by atoms with Crippen LogP contribution in [0.2, 0.25) is 0 Å². The first kappa shape index (κ1) is 13.1. The van der Waals surface area contributed by atoms with Gasteiger partial charge in [0.1, 0.15) is 0 Å². The van der Waals surface area contributed by atoms with Crippen LogP contribution in [0.4, 0.5) is 5.69 Å². The largest absolute Gasteiger partial charge is 0.330 e. The number of amides is 1. The normalized spacial score (nSPS) is 19.7. The first-order valence-corrected chi connectivity index (χ1v) is 6.79. The van der Waals surface area contributed by atoms with Crippen molar-refractivity contribution >= 4 is 11.6 Å². The van der Waals surface area contributed by atoms with E-state index in [1.54, 1.807) is 0 Å². The molecular formula is C15H22N2O. The highest BCUT2D eigenvalue weighted by Crippen LogP contribution is 2.38. The Morgan fingerprint density at radius 2 is 2.22 bits per heavy atom. The fourth-order valence-corrected chi connectivity index (χ4v) is 2.59. The van der Waals surface area contributed by atoms with Crippen molar-refractivity contribution in [2.24, 2.45) is 11.7 Å². The van der Waals surface area contributed by atoms with Crippen molar-refractivity contribution in [2.75, 3.05) is 18.0 Å². The van der Waals surface area contributed by atoms with Crippen LogP contribution in [0.1, 0.15) is 38.2 Å². The minimum Gasteiger partial charge on any atom is -0.330 e. The lowest BCUT2D eigenvalue weighted by Crippen LogP contribution is -2.34. The molecular weight excluding hydrogens is 224 g/mol. The molecule has 2 N–H and O–H groups in total. The highest BCUT2D eigenvalue weighted by atomic mass is 16.2. The Hall–Kier alpha value is -1.35. The number of hydrogen-bond acceptors (Lipinski definition) is 2. The second-order valence-electron chi connectivity index (χ2n) is 5.09. The summed E-state index contributed by atoms with van der Waals surface area (Å²) in [6.07, 6.45) is 1.83. The topological polar surface area (TPSA) is 46.3 Å². The van der Waals surface area contributed by atoms with Crippen molar-refractivity contribution in [2.45, 2.75) is 32.6 Å². The van der Waals surface area contributed by atoms with Crippen molar-refractivity contribution in [3.63, 3.8) is 0 Å². The molecule has 0 radical (unpaired) electrons. The summed E-state index contributed by atoms with van der Waals surface area (Å²) in [5.41, 5.74) is 8.03. The van der Waals surface area contributed by atoms with Gasteiger partial charge in [-0.1, -0.05) is 32.0 Å². The van der Waals surface area contributed by atoms with Gasteiger partial charge in [0.25, 0.3) is 0 Å². The summed E-state index contributed by atoms with van der Waals surface area (Å²) in [5.74, 6) is 0.735. The van der Waals surface area contributed by atoms with Gasteiger partial charge in [0.2, 0.25) is 5.91 Å². The molecule has 0 aliphatic carbocycles. The first-order chi connectivity index (χ1) is 8.69. The van der Waals surface area contributed by atoms with Crippen LogP contribution in [0, 0.1) is 5.92 Å². The zero-order valence-corrected chi connectivity index (χ0v) is 11.2. The van der Waals surface area contributed by atoms with Gasteiger partial charge in [-0.15, -0.1) is 0 Å². The molecule has 0 aromatic heterocycles. The van der Waals surface area contributed by atoms with E-state index in [1.165, 1.54) is 5.56 Å². The highest BCUT2D eigenvalue weighted by molar-refractivity contribution is 5.97. The van der Waals surface area contributed by atoms with E-state index < -0.39 is 0 Å². The molecule has 2 rings (SSSR count). The summed E-state index contributed by atoms with van der Waals surface area (Å²) in [5, 5.41) is 0. The Morgan fingerprint density at radius 1 is 1.50 bits per heavy atom. The Morgan fingerprint density at radius 3 is 2.89 bits per heavy atom. The minimum atomic E-state index is 0.0923. The van der Waals surface area contributed by atoms with Crippen LogP contribution in [0.3, 0.4) is 0 Å². The predicted octanol–water partition coefficient (Wildman–Crippen LogP) is 2.51. The fourth-order valence-electron chi connectivity index (χ4n) is 2.59. The molecule has 0 saturated heterocycles. The van der Waals surface area contributed by atoms with Crippen LogP contribution in [0.15, 0.2) is 24.3 Å². The molecule has 0 fully saturated rings. The van der Waals surface area contributed by atoms with Crippen molar-refractivity contribution in [3.05, 3.63) is 29.8 Å². The molecule has 1 aromatic rings. The standard InChI is InChI=1S/C15H22N2O/c1-3-11(2)15(18)17-10-12(8-9-16)13-6-4-5-7-14(13)17/h4-7,11-12H,3,8-10,16H2,1-2H3. The third-order valence-electron chi connectivity index (χ3n) is 3.89. The quantitative estimate of drug-likeness (QED) is 0.887. The fraction of sp³-hybridized carbons (Fsp3) is 0.533. The second-order valence-corrected chi connectivity index (χ2v) is 5.09. The van der Waals surface area contributed by atoms with Crippen LogP contribution in [-0.2, 0) is 4.79 Å². The number of para-hydroxylation sites is 1. The molecule has 3 nitrogen and oxygen atoms in total. The van der Waals surface area contributed by atoms with E-state index in [4.69, 9.17) is 5.73 Å². The first-order valence-electron chi connectivity index (χ1n) is 6.79. The summed E-state index contributed by atoms with van der Waals surface area (Å²) in [6, 6.07) is 8.21. The van der Waals surface area contributed by atoms with Crippen molar-refractivity contribution < 1.29 is 4.79 Å². The van der Waals surface area contributed by atoms with Crippen LogP contribution >= 0.6 is 0 Å². The number of nitrogens with two attached hydrogens (primary N) is 1. The highest BCUT2D eigenvalue weighted by Gasteiger charge is 2.32. The predicted molar refractivity (Wildman–Crippen MR) is 74.7 cm³/mol. The summed E-state index contributed by atoms with van der Waals surface area (Å²) in [6.45, 7) is 5.52. The number of fused-ring (bicyclic) bond motifs is 1. The Balaban J connectivity index is 2.28. The smallest absolute Gasteiger partial charge is 0.229 e. The van der Waals surface area contributed by atoms with Crippen LogP contribution in [0.5, 0.6) is 0 Å². The monoisotopic (exact) mass is 246 g/mol. The molecule has 2 atom stereocenters. The molecule has 0 bridgehead atoms. The van der Waals surface area contributed by atoms with E-state index in [9.17, 15) is 4.79 Å². The maximum absolute atomic E-state index is 12.4. The lowest BCUT2D eigenvalue weighted by molar-refractivity contribution is -0.121. The lowest BCUT2D eigenvalue weighted by Gasteiger charge is -2.21. The summed E-state index contributed by atoms with van der Waals surface area (Å²) in [7, 11) is 0. The molecule has 2 unspecified atom stereocenters. The van der Waals surface area contributed by atoms with Gasteiger partial charge >= 0.3 is 0 Å². The van der Waals surface area contributed by atoms with Gasteiger partial charge in [-0.25, -0.2) is 0 Å². The summed E-state index contributed by atoms with van der Waals surface area (Å²) >= 11 is 0. The Bertz CT molecular complexity index is 430. The van der Waals surface area contributed by atoms with E-state index >= 15 is 0 Å². The zero-order valence-electron chi connectivity index (χ0n) is 11.2. The van der Waals surface area contributed by atoms with Gasteiger partial charge in [0, 0.05) is 24.1 Å². The van der Waals surface area contributed by atoms with Crippen molar-refractivity contribution in [1.29, 1.82) is 0 Å². The molecule has 1 aliphatic heterocycles. The maximum atomic E-state index is 12.4.